The van der Waals surface area contributed by atoms with E-state index in [1.807, 2.05) is 31.2 Å². The molecule has 2 fully saturated rings. The van der Waals surface area contributed by atoms with Crippen LogP contribution in [0.25, 0.3) is 0 Å². The molecule has 4 amide bonds. The smallest absolute Gasteiger partial charge is 0.248 e. The molecule has 1 atom stereocenters. The van der Waals surface area contributed by atoms with Crippen LogP contribution in [0, 0.1) is 18.8 Å². The monoisotopic (exact) mass is 448 g/mol. The Kier molecular flexibility index (Phi) is 6.44. The summed E-state index contributed by atoms with van der Waals surface area (Å²) in [5.74, 6) is -1.22. The van der Waals surface area contributed by atoms with E-state index in [1.54, 1.807) is 34.1 Å². The summed E-state index contributed by atoms with van der Waals surface area (Å²) in [6.07, 6.45) is 1.35. The van der Waals surface area contributed by atoms with E-state index in [9.17, 15) is 19.2 Å². The van der Waals surface area contributed by atoms with Gasteiger partial charge in [-0.1, -0.05) is 17.7 Å². The molecule has 2 aliphatic rings. The summed E-state index contributed by atoms with van der Waals surface area (Å²) in [6, 6.07) is 14.2. The average molecular weight is 449 g/mol. The second kappa shape index (κ2) is 9.44. The molecule has 0 aromatic heterocycles. The summed E-state index contributed by atoms with van der Waals surface area (Å²) in [4.78, 5) is 52.8. The van der Waals surface area contributed by atoms with Crippen molar-refractivity contribution < 1.29 is 19.2 Å². The van der Waals surface area contributed by atoms with Crippen molar-refractivity contribution >= 4 is 35.0 Å². The number of hydrogen-bond donors (Lipinski definition) is 2. The van der Waals surface area contributed by atoms with Gasteiger partial charge in [-0.3, -0.25) is 19.2 Å². The van der Waals surface area contributed by atoms with Crippen molar-refractivity contribution in [2.75, 3.05) is 29.9 Å². The minimum atomic E-state index is -0.518. The second-order valence-corrected chi connectivity index (χ2v) is 8.77. The van der Waals surface area contributed by atoms with Crippen LogP contribution < -0.4 is 16.0 Å². The lowest BCUT2D eigenvalue weighted by Gasteiger charge is -2.33. The quantitative estimate of drug-likeness (QED) is 0.731. The fourth-order valence-electron chi connectivity index (χ4n) is 4.43. The lowest BCUT2D eigenvalue weighted by molar-refractivity contribution is -0.138. The molecule has 2 heterocycles. The third kappa shape index (κ3) is 5.05. The number of nitrogens with two attached hydrogens (primary N) is 1. The second-order valence-electron chi connectivity index (χ2n) is 8.77. The Morgan fingerprint density at radius 2 is 1.58 bits per heavy atom. The Labute approximate surface area is 192 Å². The molecule has 0 saturated carbocycles. The van der Waals surface area contributed by atoms with Crippen molar-refractivity contribution in [1.82, 2.24) is 4.90 Å². The zero-order chi connectivity index (χ0) is 23.5. The summed E-state index contributed by atoms with van der Waals surface area (Å²) in [5, 5.41) is 2.86. The van der Waals surface area contributed by atoms with E-state index < -0.39 is 5.91 Å². The Balaban J connectivity index is 1.29. The Bertz CT molecular complexity index is 1060. The van der Waals surface area contributed by atoms with Crippen LogP contribution in [0.4, 0.5) is 11.4 Å². The van der Waals surface area contributed by atoms with Crippen LogP contribution in [0.5, 0.6) is 0 Å². The lowest BCUT2D eigenvalue weighted by Crippen LogP contribution is -2.44. The van der Waals surface area contributed by atoms with Crippen LogP contribution in [0.2, 0.25) is 0 Å². The highest BCUT2D eigenvalue weighted by molar-refractivity contribution is 6.00. The highest BCUT2D eigenvalue weighted by Gasteiger charge is 2.38. The summed E-state index contributed by atoms with van der Waals surface area (Å²) >= 11 is 0. The van der Waals surface area contributed by atoms with E-state index in [1.165, 1.54) is 0 Å². The number of carbonyl (C=O) groups is 4. The summed E-state index contributed by atoms with van der Waals surface area (Å²) < 4.78 is 0. The van der Waals surface area contributed by atoms with Crippen LogP contribution in [0.1, 0.15) is 35.2 Å². The van der Waals surface area contributed by atoms with Gasteiger partial charge in [-0.25, -0.2) is 0 Å². The molecule has 1 unspecified atom stereocenters. The number of nitrogens with zero attached hydrogens (tertiary/aromatic N) is 2. The van der Waals surface area contributed by atoms with Gasteiger partial charge in [0.15, 0.2) is 0 Å². The molecule has 2 aliphatic heterocycles. The molecule has 3 N–H and O–H groups in total. The first kappa shape index (κ1) is 22.5. The molecule has 172 valence electrons. The van der Waals surface area contributed by atoms with Crippen LogP contribution in [-0.2, 0) is 14.4 Å². The van der Waals surface area contributed by atoms with Gasteiger partial charge in [0, 0.05) is 48.9 Å². The predicted molar refractivity (Wildman–Crippen MR) is 125 cm³/mol. The molecule has 0 radical (unpaired) electrons. The molecule has 0 bridgehead atoms. The number of aryl methyl sites for hydroxylation is 1. The van der Waals surface area contributed by atoms with Gasteiger partial charge < -0.3 is 20.9 Å². The highest BCUT2D eigenvalue weighted by Crippen LogP contribution is 2.28. The van der Waals surface area contributed by atoms with Crippen LogP contribution >= 0.6 is 0 Å². The maximum atomic E-state index is 13.0. The number of piperidine rings is 1. The Morgan fingerprint density at radius 1 is 0.939 bits per heavy atom. The highest BCUT2D eigenvalue weighted by atomic mass is 16.2. The fourth-order valence-corrected chi connectivity index (χ4v) is 4.43. The Morgan fingerprint density at radius 3 is 2.18 bits per heavy atom. The van der Waals surface area contributed by atoms with Gasteiger partial charge in [-0.05, 0) is 56.2 Å². The predicted octanol–water partition coefficient (Wildman–Crippen LogP) is 2.32. The molecule has 2 aromatic carbocycles. The third-order valence-electron chi connectivity index (χ3n) is 6.43. The zero-order valence-electron chi connectivity index (χ0n) is 18.6. The summed E-state index contributed by atoms with van der Waals surface area (Å²) in [6.45, 7) is 3.37. The van der Waals surface area contributed by atoms with Gasteiger partial charge in [0.1, 0.15) is 0 Å². The molecular formula is C25H28N4O4. The van der Waals surface area contributed by atoms with Crippen molar-refractivity contribution in [2.45, 2.75) is 26.2 Å². The van der Waals surface area contributed by atoms with Crippen molar-refractivity contribution in [3.8, 4) is 0 Å². The largest absolute Gasteiger partial charge is 0.366 e. The van der Waals surface area contributed by atoms with Gasteiger partial charge >= 0.3 is 0 Å². The van der Waals surface area contributed by atoms with Crippen molar-refractivity contribution in [3.05, 3.63) is 59.7 Å². The number of hydrogen-bond acceptors (Lipinski definition) is 4. The van der Waals surface area contributed by atoms with E-state index in [-0.39, 0.29) is 36.0 Å². The molecule has 8 nitrogen and oxygen atoms in total. The van der Waals surface area contributed by atoms with Crippen molar-refractivity contribution in [3.63, 3.8) is 0 Å². The number of benzene rings is 2. The number of primary amides is 1. The molecule has 0 spiro atoms. The lowest BCUT2D eigenvalue weighted by atomic mass is 9.94. The van der Waals surface area contributed by atoms with Crippen LogP contribution in [0.15, 0.2) is 48.5 Å². The topological polar surface area (TPSA) is 113 Å². The number of rotatable bonds is 5. The molecule has 8 heteroatoms. The Hall–Kier alpha value is -3.68. The first-order valence-electron chi connectivity index (χ1n) is 11.2. The van der Waals surface area contributed by atoms with Crippen LogP contribution in [-0.4, -0.2) is 48.2 Å². The van der Waals surface area contributed by atoms with E-state index in [4.69, 9.17) is 5.73 Å². The third-order valence-corrected chi connectivity index (χ3v) is 6.43. The number of likely N-dealkylation sites (tertiary alicyclic amines) is 1. The van der Waals surface area contributed by atoms with Crippen molar-refractivity contribution in [2.24, 2.45) is 17.6 Å². The summed E-state index contributed by atoms with van der Waals surface area (Å²) in [5.41, 5.74) is 8.15. The molecule has 4 rings (SSSR count). The minimum Gasteiger partial charge on any atom is -0.366 e. The SMILES string of the molecule is Cc1ccc(N2CC(C(=O)N3CCC(C(=O)Nc4ccc(C(N)=O)cc4)CC3)CC2=O)cc1. The number of anilines is 2. The van der Waals surface area contributed by atoms with E-state index in [0.717, 1.165) is 11.3 Å². The van der Waals surface area contributed by atoms with Crippen LogP contribution in [0.3, 0.4) is 0 Å². The van der Waals surface area contributed by atoms with Gasteiger partial charge in [0.25, 0.3) is 0 Å². The molecule has 2 saturated heterocycles. The van der Waals surface area contributed by atoms with E-state index in [2.05, 4.69) is 5.32 Å². The number of nitrogens with one attached hydrogen (secondary N) is 1. The normalized spacial score (nSPS) is 18.9. The fraction of sp³-hybridized carbons (Fsp3) is 0.360. The number of amides is 4. The first-order valence-corrected chi connectivity index (χ1v) is 11.2. The maximum Gasteiger partial charge on any atom is 0.248 e. The molecule has 0 aliphatic carbocycles. The maximum absolute atomic E-state index is 13.0. The minimum absolute atomic E-state index is 0.0149. The van der Waals surface area contributed by atoms with Gasteiger partial charge in [0.2, 0.25) is 23.6 Å². The van der Waals surface area contributed by atoms with Gasteiger partial charge in [-0.2, -0.15) is 0 Å². The molecule has 2 aromatic rings. The van der Waals surface area contributed by atoms with E-state index in [0.29, 0.717) is 43.7 Å². The van der Waals surface area contributed by atoms with Gasteiger partial charge in [0.05, 0.1) is 5.92 Å². The summed E-state index contributed by atoms with van der Waals surface area (Å²) in [7, 11) is 0. The van der Waals surface area contributed by atoms with Crippen molar-refractivity contribution in [1.29, 1.82) is 0 Å². The standard InChI is InChI=1S/C25H28N4O4/c1-16-2-8-21(9-3-16)29-15-19(14-22(29)30)25(33)28-12-10-18(11-13-28)24(32)27-20-6-4-17(5-7-20)23(26)31/h2-9,18-19H,10-15H2,1H3,(H2,26,31)(H,27,32). The number of carbonyl (C=O) groups excluding carboxylic acids is 4. The van der Waals surface area contributed by atoms with E-state index >= 15 is 0 Å². The molecule has 33 heavy (non-hydrogen) atoms. The zero-order valence-corrected chi connectivity index (χ0v) is 18.6. The molecular weight excluding hydrogens is 420 g/mol. The average Bonchev–Trinajstić information content (AvgIpc) is 3.21. The van der Waals surface area contributed by atoms with Gasteiger partial charge in [-0.15, -0.1) is 0 Å². The first-order chi connectivity index (χ1) is 15.8.